The third-order valence-electron chi connectivity index (χ3n) is 4.57. The summed E-state index contributed by atoms with van der Waals surface area (Å²) in [5, 5.41) is 15.7. The lowest BCUT2D eigenvalue weighted by Gasteiger charge is -2.31. The summed E-state index contributed by atoms with van der Waals surface area (Å²) >= 11 is 0. The van der Waals surface area contributed by atoms with Crippen molar-refractivity contribution in [2.75, 3.05) is 18.5 Å². The van der Waals surface area contributed by atoms with Gasteiger partial charge in [0.25, 0.3) is 5.69 Å². The molecule has 1 unspecified atom stereocenters. The second-order valence-electron chi connectivity index (χ2n) is 6.46. The quantitative estimate of drug-likeness (QED) is 0.477. The first-order chi connectivity index (χ1) is 12.5. The zero-order chi connectivity index (χ0) is 18.6. The molecule has 1 saturated heterocycles. The number of nitro groups is 1. The number of carbonyl (C=O) groups excluding carboxylic acids is 2. The Morgan fingerprint density at radius 3 is 2.65 bits per heavy atom. The lowest BCUT2D eigenvalue weighted by Crippen LogP contribution is -2.41. The zero-order valence-corrected chi connectivity index (χ0v) is 14.2. The Morgan fingerprint density at radius 2 is 1.92 bits per heavy atom. The summed E-state index contributed by atoms with van der Waals surface area (Å²) < 4.78 is 11.7. The van der Waals surface area contributed by atoms with Gasteiger partial charge in [-0.3, -0.25) is 19.7 Å². The molecule has 0 bridgehead atoms. The monoisotopic (exact) mass is 363 g/mol. The van der Waals surface area contributed by atoms with Gasteiger partial charge in [-0.25, -0.2) is 0 Å². The highest BCUT2D eigenvalue weighted by Gasteiger charge is 2.42. The second kappa shape index (κ2) is 7.79. The van der Waals surface area contributed by atoms with Gasteiger partial charge in [0.2, 0.25) is 0 Å². The summed E-state index contributed by atoms with van der Waals surface area (Å²) in [6, 6.07) is 5.63. The van der Waals surface area contributed by atoms with Crippen LogP contribution in [0.25, 0.3) is 0 Å². The third-order valence-corrected chi connectivity index (χ3v) is 4.57. The van der Waals surface area contributed by atoms with E-state index >= 15 is 0 Å². The maximum atomic E-state index is 12.0. The molecule has 1 heterocycles. The fourth-order valence-corrected chi connectivity index (χ4v) is 3.27. The SMILES string of the molecule is O=C(NCC1COC2(CCCCC2)O1)C(=O)Nc1ccccc1[N+](=O)[O-]. The van der Waals surface area contributed by atoms with Crippen molar-refractivity contribution < 1.29 is 24.0 Å². The van der Waals surface area contributed by atoms with E-state index in [-0.39, 0.29) is 24.0 Å². The largest absolute Gasteiger partial charge is 0.347 e. The molecule has 2 amide bonds. The number of carbonyl (C=O) groups is 2. The molecule has 1 saturated carbocycles. The zero-order valence-electron chi connectivity index (χ0n) is 14.2. The molecule has 1 aromatic rings. The number of rotatable bonds is 4. The fraction of sp³-hybridized carbons (Fsp3) is 0.529. The third kappa shape index (κ3) is 4.17. The van der Waals surface area contributed by atoms with Gasteiger partial charge in [-0.2, -0.15) is 0 Å². The van der Waals surface area contributed by atoms with Gasteiger partial charge in [0.1, 0.15) is 11.8 Å². The molecule has 9 nitrogen and oxygen atoms in total. The molecule has 1 aliphatic carbocycles. The lowest BCUT2D eigenvalue weighted by molar-refractivity contribution is -0.383. The van der Waals surface area contributed by atoms with Crippen molar-refractivity contribution in [3.63, 3.8) is 0 Å². The average Bonchev–Trinajstić information content (AvgIpc) is 3.02. The van der Waals surface area contributed by atoms with Crippen molar-refractivity contribution in [3.05, 3.63) is 34.4 Å². The van der Waals surface area contributed by atoms with Crippen molar-refractivity contribution in [3.8, 4) is 0 Å². The minimum absolute atomic E-state index is 0.0285. The van der Waals surface area contributed by atoms with E-state index in [2.05, 4.69) is 10.6 Å². The standard InChI is InChI=1S/C17H21N3O6/c21-15(16(22)19-13-6-2-3-7-14(13)20(23)24)18-10-12-11-25-17(26-12)8-4-1-5-9-17/h2-3,6-7,12H,1,4-5,8-11H2,(H,18,21)(H,19,22). The van der Waals surface area contributed by atoms with Gasteiger partial charge in [0.05, 0.1) is 11.5 Å². The number of nitrogens with one attached hydrogen (secondary N) is 2. The summed E-state index contributed by atoms with van der Waals surface area (Å²) in [6.07, 6.45) is 4.65. The molecule has 2 aliphatic rings. The van der Waals surface area contributed by atoms with Crippen LogP contribution in [0, 0.1) is 10.1 Å². The van der Waals surface area contributed by atoms with Crippen LogP contribution >= 0.6 is 0 Å². The van der Waals surface area contributed by atoms with Crippen LogP contribution in [-0.2, 0) is 19.1 Å². The van der Waals surface area contributed by atoms with Gasteiger partial charge < -0.3 is 20.1 Å². The Morgan fingerprint density at radius 1 is 1.19 bits per heavy atom. The van der Waals surface area contributed by atoms with E-state index < -0.39 is 22.5 Å². The lowest BCUT2D eigenvalue weighted by atomic mass is 9.94. The number of para-hydroxylation sites is 2. The Kier molecular flexibility index (Phi) is 5.48. The summed E-state index contributed by atoms with van der Waals surface area (Å²) in [5.74, 6) is -2.39. The van der Waals surface area contributed by atoms with E-state index in [9.17, 15) is 19.7 Å². The molecule has 2 N–H and O–H groups in total. The van der Waals surface area contributed by atoms with Crippen molar-refractivity contribution in [2.45, 2.75) is 44.0 Å². The Hall–Kier alpha value is -2.52. The van der Waals surface area contributed by atoms with Crippen molar-refractivity contribution in [1.82, 2.24) is 5.32 Å². The summed E-state index contributed by atoms with van der Waals surface area (Å²) in [5.41, 5.74) is -0.306. The first kappa shape index (κ1) is 18.3. The highest BCUT2D eigenvalue weighted by Crippen LogP contribution is 2.37. The smallest absolute Gasteiger partial charge is 0.313 e. The molecule has 1 aliphatic heterocycles. The maximum absolute atomic E-state index is 12.0. The number of anilines is 1. The topological polar surface area (TPSA) is 120 Å². The first-order valence-electron chi connectivity index (χ1n) is 8.63. The summed E-state index contributed by atoms with van der Waals surface area (Å²) in [4.78, 5) is 34.3. The highest BCUT2D eigenvalue weighted by molar-refractivity contribution is 6.39. The van der Waals surface area contributed by atoms with E-state index in [4.69, 9.17) is 9.47 Å². The second-order valence-corrected chi connectivity index (χ2v) is 6.46. The molecule has 26 heavy (non-hydrogen) atoms. The number of nitrogens with zero attached hydrogens (tertiary/aromatic N) is 1. The van der Waals surface area contributed by atoms with Crippen molar-refractivity contribution in [2.24, 2.45) is 0 Å². The van der Waals surface area contributed by atoms with E-state index in [1.165, 1.54) is 30.7 Å². The molecule has 1 spiro atoms. The normalized spacial score (nSPS) is 21.3. The van der Waals surface area contributed by atoms with Crippen LogP contribution < -0.4 is 10.6 Å². The van der Waals surface area contributed by atoms with Crippen LogP contribution in [0.2, 0.25) is 0 Å². The van der Waals surface area contributed by atoms with Gasteiger partial charge >= 0.3 is 11.8 Å². The molecule has 0 aromatic heterocycles. The van der Waals surface area contributed by atoms with E-state index in [1.54, 1.807) is 0 Å². The number of amides is 2. The molecule has 2 fully saturated rings. The molecule has 9 heteroatoms. The Bertz CT molecular complexity index is 701. The van der Waals surface area contributed by atoms with Crippen LogP contribution in [-0.4, -0.2) is 41.8 Å². The minimum atomic E-state index is -0.967. The van der Waals surface area contributed by atoms with Crippen LogP contribution in [0.4, 0.5) is 11.4 Å². The fourth-order valence-electron chi connectivity index (χ4n) is 3.27. The molecule has 140 valence electrons. The van der Waals surface area contributed by atoms with Crippen LogP contribution in [0.3, 0.4) is 0 Å². The van der Waals surface area contributed by atoms with Gasteiger partial charge in [-0.15, -0.1) is 0 Å². The predicted molar refractivity (Wildman–Crippen MR) is 91.4 cm³/mol. The average molecular weight is 363 g/mol. The van der Waals surface area contributed by atoms with Gasteiger partial charge in [0.15, 0.2) is 5.79 Å². The summed E-state index contributed by atoms with van der Waals surface area (Å²) in [7, 11) is 0. The number of hydrogen-bond donors (Lipinski definition) is 2. The number of ether oxygens (including phenoxy) is 2. The Labute approximate surface area is 150 Å². The molecule has 1 atom stereocenters. The highest BCUT2D eigenvalue weighted by atomic mass is 16.7. The van der Waals surface area contributed by atoms with E-state index in [1.807, 2.05) is 0 Å². The predicted octanol–water partition coefficient (Wildman–Crippen LogP) is 1.73. The number of benzene rings is 1. The maximum Gasteiger partial charge on any atom is 0.313 e. The molecule has 1 aromatic carbocycles. The van der Waals surface area contributed by atoms with Gasteiger partial charge in [0, 0.05) is 25.5 Å². The van der Waals surface area contributed by atoms with Crippen LogP contribution in [0.1, 0.15) is 32.1 Å². The van der Waals surface area contributed by atoms with Crippen LogP contribution in [0.15, 0.2) is 24.3 Å². The molecule has 0 radical (unpaired) electrons. The first-order valence-corrected chi connectivity index (χ1v) is 8.63. The van der Waals surface area contributed by atoms with E-state index in [0.29, 0.717) is 6.61 Å². The summed E-state index contributed by atoms with van der Waals surface area (Å²) in [6.45, 7) is 0.511. The minimum Gasteiger partial charge on any atom is -0.347 e. The van der Waals surface area contributed by atoms with Crippen molar-refractivity contribution in [1.29, 1.82) is 0 Å². The van der Waals surface area contributed by atoms with Gasteiger partial charge in [-0.05, 0) is 18.9 Å². The molecule has 3 rings (SSSR count). The molecular weight excluding hydrogens is 342 g/mol. The number of nitro benzene ring substituents is 1. The van der Waals surface area contributed by atoms with E-state index in [0.717, 1.165) is 25.7 Å². The molecular formula is C17H21N3O6. The number of hydrogen-bond acceptors (Lipinski definition) is 6. The van der Waals surface area contributed by atoms with Crippen molar-refractivity contribution >= 4 is 23.2 Å². The van der Waals surface area contributed by atoms with Crippen LogP contribution in [0.5, 0.6) is 0 Å². The van der Waals surface area contributed by atoms with Gasteiger partial charge in [-0.1, -0.05) is 18.6 Å². The Balaban J connectivity index is 1.49.